The van der Waals surface area contributed by atoms with Crippen molar-refractivity contribution >= 4 is 11.9 Å². The highest BCUT2D eigenvalue weighted by Gasteiger charge is 1.87. The normalized spacial score (nSPS) is 8.17. The van der Waals surface area contributed by atoms with Crippen molar-refractivity contribution in [2.75, 3.05) is 6.73 Å². The van der Waals surface area contributed by atoms with Gasteiger partial charge in [0.25, 0.3) is 0 Å². The van der Waals surface area contributed by atoms with Crippen LogP contribution in [-0.2, 0) is 4.29 Å². The standard InChI is InChI=1S/CH2ClNO3/c2-6-1-3(4)5/h1H2. The van der Waals surface area contributed by atoms with E-state index >= 15 is 0 Å². The van der Waals surface area contributed by atoms with Crippen LogP contribution in [0.15, 0.2) is 0 Å². The van der Waals surface area contributed by atoms with Gasteiger partial charge in [-0.2, -0.15) is 0 Å². The first-order valence-corrected chi connectivity index (χ1v) is 1.43. The van der Waals surface area contributed by atoms with E-state index in [1.807, 2.05) is 0 Å². The molecule has 36 valence electrons. The molecule has 0 saturated heterocycles. The first-order chi connectivity index (χ1) is 2.77. The molecule has 0 aromatic rings. The molecule has 0 aliphatic rings. The third kappa shape index (κ3) is 3.65. The van der Waals surface area contributed by atoms with Gasteiger partial charge >= 0.3 is 6.73 Å². The molecule has 0 saturated carbocycles. The fourth-order valence-corrected chi connectivity index (χ4v) is 0.120. The molecule has 0 heterocycles. The van der Waals surface area contributed by atoms with E-state index in [0.29, 0.717) is 0 Å². The zero-order valence-corrected chi connectivity index (χ0v) is 3.51. The maximum Gasteiger partial charge on any atom is 0.321 e. The van der Waals surface area contributed by atoms with Crippen LogP contribution in [0.1, 0.15) is 0 Å². The topological polar surface area (TPSA) is 52.4 Å². The minimum atomic E-state index is -0.674. The minimum Gasteiger partial charge on any atom is -0.262 e. The second-order valence-corrected chi connectivity index (χ2v) is 0.789. The van der Waals surface area contributed by atoms with Crippen LogP contribution in [0.4, 0.5) is 0 Å². The summed E-state index contributed by atoms with van der Waals surface area (Å²) in [5, 5.41) is 9.20. The van der Waals surface area contributed by atoms with Gasteiger partial charge in [-0.1, -0.05) is 0 Å². The molecule has 0 bridgehead atoms. The molecular formula is CH2ClNO3. The van der Waals surface area contributed by atoms with E-state index in [2.05, 4.69) is 16.2 Å². The Morgan fingerprint density at radius 1 is 2.00 bits per heavy atom. The summed E-state index contributed by atoms with van der Waals surface area (Å²) in [6, 6.07) is 0. The molecule has 0 aliphatic carbocycles. The molecule has 0 spiro atoms. The molecule has 0 aliphatic heterocycles. The third-order valence-electron chi connectivity index (χ3n) is 0.154. The highest BCUT2D eigenvalue weighted by atomic mass is 35.5. The van der Waals surface area contributed by atoms with E-state index < -0.39 is 11.7 Å². The zero-order chi connectivity index (χ0) is 4.99. The minimum absolute atomic E-state index is 0.637. The highest BCUT2D eigenvalue weighted by Crippen LogP contribution is 1.76. The van der Waals surface area contributed by atoms with E-state index in [1.54, 1.807) is 0 Å². The lowest BCUT2D eigenvalue weighted by Gasteiger charge is -1.79. The molecule has 0 N–H and O–H groups in total. The molecule has 0 fully saturated rings. The molecule has 0 unspecified atom stereocenters. The molecule has 0 aromatic heterocycles. The van der Waals surface area contributed by atoms with Gasteiger partial charge in [0.2, 0.25) is 0 Å². The lowest BCUT2D eigenvalue weighted by molar-refractivity contribution is -0.514. The highest BCUT2D eigenvalue weighted by molar-refractivity contribution is 6.07. The van der Waals surface area contributed by atoms with Crippen molar-refractivity contribution in [2.45, 2.75) is 0 Å². The van der Waals surface area contributed by atoms with Gasteiger partial charge in [0.05, 0.1) is 16.8 Å². The van der Waals surface area contributed by atoms with Gasteiger partial charge in [0.1, 0.15) is 0 Å². The number of nitro groups is 1. The van der Waals surface area contributed by atoms with Gasteiger partial charge in [0, 0.05) is 0 Å². The van der Waals surface area contributed by atoms with Crippen LogP contribution in [0.3, 0.4) is 0 Å². The summed E-state index contributed by atoms with van der Waals surface area (Å²) in [5.74, 6) is 0. The number of halogens is 1. The molecule has 0 radical (unpaired) electrons. The fraction of sp³-hybridized carbons (Fsp3) is 1.00. The van der Waals surface area contributed by atoms with Gasteiger partial charge in [-0.25, -0.2) is 4.29 Å². The van der Waals surface area contributed by atoms with E-state index in [-0.39, 0.29) is 0 Å². The maximum absolute atomic E-state index is 9.20. The maximum atomic E-state index is 9.20. The van der Waals surface area contributed by atoms with E-state index in [4.69, 9.17) is 0 Å². The Labute approximate surface area is 39.0 Å². The monoisotopic (exact) mass is 111 g/mol. The van der Waals surface area contributed by atoms with Crippen molar-refractivity contribution in [3.63, 3.8) is 0 Å². The Bertz CT molecular complexity index is 54.8. The van der Waals surface area contributed by atoms with E-state index in [1.165, 1.54) is 0 Å². The molecule has 0 aromatic carbocycles. The van der Waals surface area contributed by atoms with Crippen molar-refractivity contribution < 1.29 is 9.21 Å². The van der Waals surface area contributed by atoms with Gasteiger partial charge in [-0.15, -0.1) is 0 Å². The van der Waals surface area contributed by atoms with Crippen molar-refractivity contribution in [1.82, 2.24) is 0 Å². The van der Waals surface area contributed by atoms with Crippen LogP contribution in [-0.4, -0.2) is 11.7 Å². The molecule has 5 heteroatoms. The summed E-state index contributed by atoms with van der Waals surface area (Å²) in [6.07, 6.45) is 0. The summed E-state index contributed by atoms with van der Waals surface area (Å²) in [5.41, 5.74) is 0. The quantitative estimate of drug-likeness (QED) is 0.294. The smallest absolute Gasteiger partial charge is 0.262 e. The van der Waals surface area contributed by atoms with E-state index in [0.717, 1.165) is 0 Å². The Morgan fingerprint density at radius 2 is 2.50 bits per heavy atom. The average Bonchev–Trinajstić information content (AvgIpc) is 1.35. The first kappa shape index (κ1) is 5.65. The Balaban J connectivity index is 2.83. The van der Waals surface area contributed by atoms with Crippen LogP contribution >= 0.6 is 11.9 Å². The van der Waals surface area contributed by atoms with Gasteiger partial charge in [0.15, 0.2) is 0 Å². The Hall–Kier alpha value is -0.350. The largest absolute Gasteiger partial charge is 0.321 e. The summed E-state index contributed by atoms with van der Waals surface area (Å²) >= 11 is 4.45. The summed E-state index contributed by atoms with van der Waals surface area (Å²) in [4.78, 5) is 8.52. The zero-order valence-electron chi connectivity index (χ0n) is 2.76. The molecule has 0 rings (SSSR count). The Kier molecular flexibility index (Phi) is 2.70. The second kappa shape index (κ2) is 2.87. The molecule has 0 atom stereocenters. The van der Waals surface area contributed by atoms with Crippen LogP contribution in [0.5, 0.6) is 0 Å². The third-order valence-corrected chi connectivity index (χ3v) is 0.252. The number of rotatable bonds is 2. The lowest BCUT2D eigenvalue weighted by atomic mass is 11.4. The van der Waals surface area contributed by atoms with Gasteiger partial charge < -0.3 is 0 Å². The number of hydrogen-bond donors (Lipinski definition) is 0. The first-order valence-electron chi connectivity index (χ1n) is 1.12. The van der Waals surface area contributed by atoms with Crippen LogP contribution in [0.25, 0.3) is 0 Å². The molecular weight excluding hydrogens is 109 g/mol. The van der Waals surface area contributed by atoms with Gasteiger partial charge in [-0.05, 0) is 0 Å². The van der Waals surface area contributed by atoms with Crippen LogP contribution in [0.2, 0.25) is 0 Å². The second-order valence-electron chi connectivity index (χ2n) is 0.571. The SMILES string of the molecule is O=[N+]([O-])COCl. The average molecular weight is 111 g/mol. The molecule has 0 amide bonds. The lowest BCUT2D eigenvalue weighted by Crippen LogP contribution is -1.98. The number of hydrogen-bond acceptors (Lipinski definition) is 3. The summed E-state index contributed by atoms with van der Waals surface area (Å²) in [7, 11) is 0. The van der Waals surface area contributed by atoms with Crippen molar-refractivity contribution in [1.29, 1.82) is 0 Å². The van der Waals surface area contributed by atoms with Crippen LogP contribution in [0, 0.1) is 10.1 Å². The van der Waals surface area contributed by atoms with Gasteiger partial charge in [-0.3, -0.25) is 10.1 Å². The summed E-state index contributed by atoms with van der Waals surface area (Å²) < 4.78 is 3.58. The predicted molar refractivity (Wildman–Crippen MR) is 18.8 cm³/mol. The number of nitrogens with zero attached hydrogens (tertiary/aromatic N) is 1. The van der Waals surface area contributed by atoms with Crippen LogP contribution < -0.4 is 0 Å². The predicted octanol–water partition coefficient (Wildman–Crippen LogP) is 0.391. The fourth-order valence-electron chi connectivity index (χ4n) is 0.0398. The molecule has 4 nitrogen and oxygen atoms in total. The van der Waals surface area contributed by atoms with Crippen molar-refractivity contribution in [3.8, 4) is 0 Å². The van der Waals surface area contributed by atoms with Crippen molar-refractivity contribution in [3.05, 3.63) is 10.1 Å². The Morgan fingerprint density at radius 3 is 2.50 bits per heavy atom. The van der Waals surface area contributed by atoms with E-state index in [9.17, 15) is 10.1 Å². The summed E-state index contributed by atoms with van der Waals surface area (Å²) in [6.45, 7) is -0.637. The molecule has 6 heavy (non-hydrogen) atoms. The van der Waals surface area contributed by atoms with Crippen molar-refractivity contribution in [2.24, 2.45) is 0 Å².